The lowest BCUT2D eigenvalue weighted by Gasteiger charge is -2.37. The number of carbonyl (C=O) groups is 2. The summed E-state index contributed by atoms with van der Waals surface area (Å²) in [5.74, 6) is -2.81. The molecule has 1 aliphatic rings. The third-order valence-corrected chi connectivity index (χ3v) is 7.21. The minimum absolute atomic E-state index is 0.0698. The van der Waals surface area contributed by atoms with Crippen molar-refractivity contribution < 1.29 is 23.1 Å². The molecular weight excluding hydrogens is 572 g/mol. The van der Waals surface area contributed by atoms with E-state index < -0.39 is 23.1 Å². The Morgan fingerprint density at radius 3 is 2.51 bits per heavy atom. The highest BCUT2D eigenvalue weighted by atomic mass is 79.9. The molecule has 1 unspecified atom stereocenters. The van der Waals surface area contributed by atoms with Crippen molar-refractivity contribution >= 4 is 33.4 Å². The van der Waals surface area contributed by atoms with Crippen LogP contribution in [0.15, 0.2) is 47.1 Å². The van der Waals surface area contributed by atoms with Crippen LogP contribution in [-0.2, 0) is 9.59 Å². The van der Waals surface area contributed by atoms with Crippen LogP contribution in [0.1, 0.15) is 46.6 Å². The number of rotatable bonds is 7. The Balaban J connectivity index is 1.47. The largest absolute Gasteiger partial charge is 0.491 e. The van der Waals surface area contributed by atoms with Crippen molar-refractivity contribution in [1.29, 1.82) is 0 Å². The molecule has 39 heavy (non-hydrogen) atoms. The Kier molecular flexibility index (Phi) is 8.68. The number of halogens is 3. The van der Waals surface area contributed by atoms with Gasteiger partial charge in [0.1, 0.15) is 11.7 Å². The molecule has 0 aliphatic carbocycles. The summed E-state index contributed by atoms with van der Waals surface area (Å²) in [6, 6.07) is 9.40. The molecule has 2 aromatic carbocycles. The summed E-state index contributed by atoms with van der Waals surface area (Å²) in [6.07, 6.45) is 2.52. The van der Waals surface area contributed by atoms with E-state index in [0.29, 0.717) is 31.6 Å². The number of nitrogens with zero attached hydrogens (tertiary/aromatic N) is 4. The standard InChI is InChI=1S/C28H32BrF2N5O3/c1-5-39-22-10-9-20(23(30)24(22)31)21-16-36(34-33-21)25(28(2,3)4)27(38)35-13-11-17(12-14-35)26(37)32-19-8-6-7-18(29)15-19/h6-10,15-17,25H,5,11-14H2,1-4H3,(H,32,37). The number of aromatic nitrogens is 3. The van der Waals surface area contributed by atoms with Gasteiger partial charge in [-0.05, 0) is 55.5 Å². The van der Waals surface area contributed by atoms with E-state index in [9.17, 15) is 18.4 Å². The molecule has 2 amide bonds. The summed E-state index contributed by atoms with van der Waals surface area (Å²) in [4.78, 5) is 28.2. The highest BCUT2D eigenvalue weighted by Gasteiger charge is 2.39. The maximum absolute atomic E-state index is 14.8. The van der Waals surface area contributed by atoms with E-state index in [1.165, 1.54) is 23.0 Å². The number of anilines is 1. The number of hydrogen-bond acceptors (Lipinski definition) is 5. The van der Waals surface area contributed by atoms with Gasteiger partial charge in [0.2, 0.25) is 17.6 Å². The van der Waals surface area contributed by atoms with Crippen LogP contribution in [0.25, 0.3) is 11.3 Å². The fourth-order valence-corrected chi connectivity index (χ4v) is 5.15. The molecule has 3 aromatic rings. The minimum atomic E-state index is -1.10. The van der Waals surface area contributed by atoms with Crippen LogP contribution in [0, 0.1) is 23.0 Å². The fraction of sp³-hybridized carbons (Fsp3) is 0.429. The van der Waals surface area contributed by atoms with Crippen molar-refractivity contribution in [2.24, 2.45) is 11.3 Å². The summed E-state index contributed by atoms with van der Waals surface area (Å²) in [5.41, 5.74) is 0.199. The van der Waals surface area contributed by atoms with Crippen LogP contribution in [-0.4, -0.2) is 51.4 Å². The number of amides is 2. The van der Waals surface area contributed by atoms with Crippen LogP contribution in [0.3, 0.4) is 0 Å². The van der Waals surface area contributed by atoms with E-state index in [1.807, 2.05) is 45.0 Å². The Morgan fingerprint density at radius 1 is 1.15 bits per heavy atom. The van der Waals surface area contributed by atoms with E-state index in [0.717, 1.165) is 4.47 Å². The van der Waals surface area contributed by atoms with Gasteiger partial charge in [0.05, 0.1) is 12.8 Å². The summed E-state index contributed by atoms with van der Waals surface area (Å²) in [7, 11) is 0. The molecule has 1 aromatic heterocycles. The van der Waals surface area contributed by atoms with Gasteiger partial charge in [-0.1, -0.05) is 48.0 Å². The van der Waals surface area contributed by atoms with Gasteiger partial charge in [-0.25, -0.2) is 9.07 Å². The van der Waals surface area contributed by atoms with Gasteiger partial charge in [-0.2, -0.15) is 4.39 Å². The molecule has 0 radical (unpaired) electrons. The molecule has 0 saturated carbocycles. The van der Waals surface area contributed by atoms with Crippen molar-refractivity contribution in [2.45, 2.75) is 46.6 Å². The van der Waals surface area contributed by atoms with Crippen LogP contribution in [0.2, 0.25) is 0 Å². The first kappa shape index (κ1) is 28.7. The quantitative estimate of drug-likeness (QED) is 0.366. The molecule has 1 fully saturated rings. The Bertz CT molecular complexity index is 1350. The van der Waals surface area contributed by atoms with E-state index in [2.05, 4.69) is 31.6 Å². The molecular formula is C28H32BrF2N5O3. The molecule has 0 bridgehead atoms. The van der Waals surface area contributed by atoms with Crippen molar-refractivity contribution in [1.82, 2.24) is 19.9 Å². The first-order valence-corrected chi connectivity index (χ1v) is 13.7. The van der Waals surface area contributed by atoms with Crippen molar-refractivity contribution in [3.8, 4) is 17.0 Å². The van der Waals surface area contributed by atoms with Crippen molar-refractivity contribution in [3.05, 3.63) is 58.7 Å². The summed E-state index contributed by atoms with van der Waals surface area (Å²) >= 11 is 3.40. The Labute approximate surface area is 234 Å². The van der Waals surface area contributed by atoms with Gasteiger partial charge in [0.25, 0.3) is 0 Å². The molecule has 2 heterocycles. The Hall–Kier alpha value is -3.34. The monoisotopic (exact) mass is 603 g/mol. The van der Waals surface area contributed by atoms with Crippen molar-refractivity contribution in [2.75, 3.05) is 25.0 Å². The maximum atomic E-state index is 14.8. The highest BCUT2D eigenvalue weighted by molar-refractivity contribution is 9.10. The lowest BCUT2D eigenvalue weighted by atomic mass is 9.85. The summed E-state index contributed by atoms with van der Waals surface area (Å²) in [6.45, 7) is 8.45. The van der Waals surface area contributed by atoms with Gasteiger partial charge in [-0.3, -0.25) is 9.59 Å². The van der Waals surface area contributed by atoms with Gasteiger partial charge < -0.3 is 15.0 Å². The number of likely N-dealkylation sites (tertiary alicyclic amines) is 1. The molecule has 1 atom stereocenters. The summed E-state index contributed by atoms with van der Waals surface area (Å²) in [5, 5.41) is 11.1. The first-order chi connectivity index (χ1) is 18.5. The number of ether oxygens (including phenoxy) is 1. The molecule has 0 spiro atoms. The average Bonchev–Trinajstić information content (AvgIpc) is 3.35. The minimum Gasteiger partial charge on any atom is -0.491 e. The van der Waals surface area contributed by atoms with E-state index in [-0.39, 0.29) is 41.3 Å². The molecule has 4 rings (SSSR count). The van der Waals surface area contributed by atoms with Gasteiger partial charge in [0, 0.05) is 34.7 Å². The SMILES string of the molecule is CCOc1ccc(-c2cn(C(C(=O)N3CCC(C(=O)Nc4cccc(Br)c4)CC3)C(C)(C)C)nn2)c(F)c1F. The third-order valence-electron chi connectivity index (χ3n) is 6.72. The predicted molar refractivity (Wildman–Crippen MR) is 147 cm³/mol. The normalized spacial score (nSPS) is 15.2. The second-order valence-electron chi connectivity index (χ2n) is 10.6. The van der Waals surface area contributed by atoms with Gasteiger partial charge in [-0.15, -0.1) is 5.10 Å². The van der Waals surface area contributed by atoms with E-state index in [4.69, 9.17) is 4.74 Å². The number of nitrogens with one attached hydrogen (secondary N) is 1. The van der Waals surface area contributed by atoms with Gasteiger partial charge in [0.15, 0.2) is 11.6 Å². The number of piperidine rings is 1. The first-order valence-electron chi connectivity index (χ1n) is 12.9. The molecule has 1 aliphatic heterocycles. The fourth-order valence-electron chi connectivity index (χ4n) is 4.75. The maximum Gasteiger partial charge on any atom is 0.248 e. The Morgan fingerprint density at radius 2 is 1.87 bits per heavy atom. The molecule has 11 heteroatoms. The third kappa shape index (κ3) is 6.46. The van der Waals surface area contributed by atoms with E-state index in [1.54, 1.807) is 11.8 Å². The number of hydrogen-bond donors (Lipinski definition) is 1. The predicted octanol–water partition coefficient (Wildman–Crippen LogP) is 5.85. The second kappa shape index (κ2) is 11.8. The lowest BCUT2D eigenvalue weighted by molar-refractivity contribution is -0.141. The lowest BCUT2D eigenvalue weighted by Crippen LogP contribution is -2.47. The van der Waals surface area contributed by atoms with Crippen LogP contribution >= 0.6 is 15.9 Å². The molecule has 1 N–H and O–H groups in total. The van der Waals surface area contributed by atoms with E-state index >= 15 is 0 Å². The smallest absolute Gasteiger partial charge is 0.248 e. The summed E-state index contributed by atoms with van der Waals surface area (Å²) < 4.78 is 36.6. The van der Waals surface area contributed by atoms with Crippen LogP contribution in [0.5, 0.6) is 5.75 Å². The zero-order valence-corrected chi connectivity index (χ0v) is 24.0. The zero-order valence-electron chi connectivity index (χ0n) is 22.4. The topological polar surface area (TPSA) is 89.4 Å². The van der Waals surface area contributed by atoms with Crippen LogP contribution < -0.4 is 10.1 Å². The molecule has 1 saturated heterocycles. The molecule has 208 valence electrons. The average molecular weight is 604 g/mol. The molecule has 8 nitrogen and oxygen atoms in total. The number of benzene rings is 2. The number of carbonyl (C=O) groups excluding carboxylic acids is 2. The zero-order chi connectivity index (χ0) is 28.3. The second-order valence-corrected chi connectivity index (χ2v) is 11.5. The van der Waals surface area contributed by atoms with Crippen molar-refractivity contribution in [3.63, 3.8) is 0 Å². The van der Waals surface area contributed by atoms with Crippen LogP contribution in [0.4, 0.5) is 14.5 Å². The highest BCUT2D eigenvalue weighted by Crippen LogP contribution is 2.35. The van der Waals surface area contributed by atoms with Gasteiger partial charge >= 0.3 is 0 Å².